The Labute approximate surface area is 201 Å². The summed E-state index contributed by atoms with van der Waals surface area (Å²) in [6.07, 6.45) is 1.70. The minimum atomic E-state index is -1.09. The minimum absolute atomic E-state index is 0.0467. The van der Waals surface area contributed by atoms with Crippen molar-refractivity contribution in [1.29, 1.82) is 0 Å². The Morgan fingerprint density at radius 2 is 1.54 bits per heavy atom. The maximum Gasteiger partial charge on any atom is 0.335 e. The van der Waals surface area contributed by atoms with Gasteiger partial charge in [0.05, 0.1) is 5.56 Å². The van der Waals surface area contributed by atoms with Crippen LogP contribution in [0.3, 0.4) is 0 Å². The summed E-state index contributed by atoms with van der Waals surface area (Å²) in [4.78, 5) is 44.2. The standard InChI is InChI=1S/C27H22N4O4/c32-25(28-21-12-5-2-6-13-21)22-17-30-14-15-31(23(24(30)29-22)18-8-3-1-4-9-18)26(33)19-10-7-11-20(16-19)27(34)35/h1-13,16-17,23H,14-15H2,(H,28,32)(H,34,35)/t23-/m1/s1. The minimum Gasteiger partial charge on any atom is -0.478 e. The Hall–Kier alpha value is -4.72. The summed E-state index contributed by atoms with van der Waals surface area (Å²) in [7, 11) is 0. The summed E-state index contributed by atoms with van der Waals surface area (Å²) < 4.78 is 1.90. The molecule has 1 atom stereocenters. The summed E-state index contributed by atoms with van der Waals surface area (Å²) in [6.45, 7) is 0.827. The number of carbonyl (C=O) groups is 3. The number of rotatable bonds is 5. The highest BCUT2D eigenvalue weighted by molar-refractivity contribution is 6.03. The van der Waals surface area contributed by atoms with Crippen molar-refractivity contribution in [2.24, 2.45) is 0 Å². The lowest BCUT2D eigenvalue weighted by atomic mass is 10.0. The van der Waals surface area contributed by atoms with E-state index in [2.05, 4.69) is 10.3 Å². The van der Waals surface area contributed by atoms with Crippen LogP contribution in [0.2, 0.25) is 0 Å². The van der Waals surface area contributed by atoms with Crippen molar-refractivity contribution in [2.45, 2.75) is 12.6 Å². The van der Waals surface area contributed by atoms with Crippen LogP contribution in [0.15, 0.2) is 91.1 Å². The van der Waals surface area contributed by atoms with Gasteiger partial charge in [-0.15, -0.1) is 0 Å². The SMILES string of the molecule is O=C(O)c1cccc(C(=O)N2CCn3cc(C(=O)Nc4ccccc4)nc3[C@H]2c2ccccc2)c1. The number of nitrogens with one attached hydrogen (secondary N) is 1. The zero-order valence-electron chi connectivity index (χ0n) is 18.7. The number of carboxylic acids is 1. The molecule has 0 saturated carbocycles. The Morgan fingerprint density at radius 3 is 2.26 bits per heavy atom. The highest BCUT2D eigenvalue weighted by Crippen LogP contribution is 2.33. The number of para-hydroxylation sites is 1. The highest BCUT2D eigenvalue weighted by atomic mass is 16.4. The largest absolute Gasteiger partial charge is 0.478 e. The maximum absolute atomic E-state index is 13.6. The molecule has 0 fully saturated rings. The number of aromatic nitrogens is 2. The predicted molar refractivity (Wildman–Crippen MR) is 129 cm³/mol. The van der Waals surface area contributed by atoms with Crippen LogP contribution in [-0.4, -0.2) is 43.9 Å². The number of fused-ring (bicyclic) bond motifs is 1. The Kier molecular flexibility index (Phi) is 5.85. The molecular formula is C27H22N4O4. The van der Waals surface area contributed by atoms with Gasteiger partial charge in [-0.2, -0.15) is 0 Å². The van der Waals surface area contributed by atoms with Crippen molar-refractivity contribution in [3.8, 4) is 0 Å². The number of amides is 2. The van der Waals surface area contributed by atoms with Crippen LogP contribution >= 0.6 is 0 Å². The Bertz CT molecular complexity index is 1400. The second kappa shape index (κ2) is 9.26. The van der Waals surface area contributed by atoms with Crippen molar-refractivity contribution in [1.82, 2.24) is 14.5 Å². The van der Waals surface area contributed by atoms with E-state index in [1.807, 2.05) is 53.1 Å². The van der Waals surface area contributed by atoms with E-state index in [1.54, 1.807) is 35.4 Å². The van der Waals surface area contributed by atoms with Gasteiger partial charge in [0.1, 0.15) is 17.6 Å². The summed E-state index contributed by atoms with van der Waals surface area (Å²) in [5, 5.41) is 12.2. The Balaban J connectivity index is 1.51. The quantitative estimate of drug-likeness (QED) is 0.461. The number of hydrogen-bond acceptors (Lipinski definition) is 4. The molecule has 35 heavy (non-hydrogen) atoms. The van der Waals surface area contributed by atoms with Crippen molar-refractivity contribution in [3.63, 3.8) is 0 Å². The third-order valence-corrected chi connectivity index (χ3v) is 5.94. The number of nitrogens with zero attached hydrogens (tertiary/aromatic N) is 3. The zero-order chi connectivity index (χ0) is 24.4. The van der Waals surface area contributed by atoms with Gasteiger partial charge in [-0.25, -0.2) is 9.78 Å². The summed E-state index contributed by atoms with van der Waals surface area (Å²) >= 11 is 0. The molecule has 0 unspecified atom stereocenters. The van der Waals surface area contributed by atoms with Gasteiger partial charge in [0.2, 0.25) is 0 Å². The lowest BCUT2D eigenvalue weighted by Crippen LogP contribution is -2.42. The van der Waals surface area contributed by atoms with Gasteiger partial charge in [0, 0.05) is 30.5 Å². The van der Waals surface area contributed by atoms with Crippen LogP contribution in [0.1, 0.15) is 48.6 Å². The lowest BCUT2D eigenvalue weighted by molar-refractivity contribution is 0.0658. The van der Waals surface area contributed by atoms with Crippen LogP contribution in [0.4, 0.5) is 5.69 Å². The van der Waals surface area contributed by atoms with E-state index >= 15 is 0 Å². The van der Waals surface area contributed by atoms with E-state index in [0.717, 1.165) is 5.56 Å². The molecule has 1 aromatic heterocycles. The van der Waals surface area contributed by atoms with Crippen LogP contribution in [0, 0.1) is 0 Å². The monoisotopic (exact) mass is 466 g/mol. The summed E-state index contributed by atoms with van der Waals surface area (Å²) in [6, 6.07) is 24.1. The fourth-order valence-electron chi connectivity index (χ4n) is 4.27. The molecule has 8 nitrogen and oxygen atoms in total. The van der Waals surface area contributed by atoms with Gasteiger partial charge in [-0.3, -0.25) is 9.59 Å². The number of anilines is 1. The van der Waals surface area contributed by atoms with Crippen LogP contribution < -0.4 is 5.32 Å². The first-order chi connectivity index (χ1) is 17.0. The molecule has 3 aromatic carbocycles. The molecule has 174 valence electrons. The molecule has 0 aliphatic carbocycles. The number of hydrogen-bond donors (Lipinski definition) is 2. The molecule has 0 spiro atoms. The topological polar surface area (TPSA) is 105 Å². The molecule has 1 aliphatic rings. The van der Waals surface area contributed by atoms with Gasteiger partial charge < -0.3 is 19.9 Å². The Morgan fingerprint density at radius 1 is 0.857 bits per heavy atom. The number of aromatic carboxylic acids is 1. The van der Waals surface area contributed by atoms with Crippen molar-refractivity contribution in [2.75, 3.05) is 11.9 Å². The molecule has 0 radical (unpaired) electrons. The van der Waals surface area contributed by atoms with Crippen molar-refractivity contribution in [3.05, 3.63) is 119 Å². The van der Waals surface area contributed by atoms with E-state index in [-0.39, 0.29) is 28.6 Å². The van der Waals surface area contributed by atoms with Gasteiger partial charge in [0.15, 0.2) is 0 Å². The van der Waals surface area contributed by atoms with Gasteiger partial charge in [0.25, 0.3) is 11.8 Å². The zero-order valence-corrected chi connectivity index (χ0v) is 18.7. The number of carboxylic acid groups (broad SMARTS) is 1. The molecule has 4 aromatic rings. The number of carbonyl (C=O) groups excluding carboxylic acids is 2. The number of benzene rings is 3. The molecule has 8 heteroatoms. The molecule has 1 aliphatic heterocycles. The van der Waals surface area contributed by atoms with Gasteiger partial charge in [-0.05, 0) is 35.9 Å². The summed E-state index contributed by atoms with van der Waals surface area (Å²) in [5.74, 6) is -1.16. The van der Waals surface area contributed by atoms with E-state index < -0.39 is 12.0 Å². The summed E-state index contributed by atoms with van der Waals surface area (Å²) in [5.41, 5.74) is 2.10. The van der Waals surface area contributed by atoms with E-state index in [0.29, 0.717) is 24.6 Å². The third-order valence-electron chi connectivity index (χ3n) is 5.94. The first kappa shape index (κ1) is 22.1. The normalized spacial score (nSPS) is 14.7. The van der Waals surface area contributed by atoms with Crippen molar-refractivity contribution >= 4 is 23.5 Å². The molecule has 2 amide bonds. The van der Waals surface area contributed by atoms with Gasteiger partial charge in [-0.1, -0.05) is 54.6 Å². The first-order valence-corrected chi connectivity index (χ1v) is 11.1. The lowest BCUT2D eigenvalue weighted by Gasteiger charge is -2.36. The molecule has 0 bridgehead atoms. The second-order valence-corrected chi connectivity index (χ2v) is 8.20. The number of imidazole rings is 1. The van der Waals surface area contributed by atoms with E-state index in [4.69, 9.17) is 0 Å². The molecule has 5 rings (SSSR count). The fourth-order valence-corrected chi connectivity index (χ4v) is 4.27. The highest BCUT2D eigenvalue weighted by Gasteiger charge is 2.35. The maximum atomic E-state index is 13.6. The smallest absolute Gasteiger partial charge is 0.335 e. The van der Waals surface area contributed by atoms with Crippen LogP contribution in [0.5, 0.6) is 0 Å². The average molecular weight is 466 g/mol. The van der Waals surface area contributed by atoms with Crippen molar-refractivity contribution < 1.29 is 19.5 Å². The average Bonchev–Trinajstić information content (AvgIpc) is 3.33. The predicted octanol–water partition coefficient (Wildman–Crippen LogP) is 4.08. The molecular weight excluding hydrogens is 444 g/mol. The van der Waals surface area contributed by atoms with Gasteiger partial charge >= 0.3 is 5.97 Å². The molecule has 2 heterocycles. The molecule has 0 saturated heterocycles. The van der Waals surface area contributed by atoms with E-state index in [1.165, 1.54) is 12.1 Å². The third kappa shape index (κ3) is 4.41. The fraction of sp³-hybridized carbons (Fsp3) is 0.111. The second-order valence-electron chi connectivity index (χ2n) is 8.20. The molecule has 2 N–H and O–H groups in total. The van der Waals surface area contributed by atoms with E-state index in [9.17, 15) is 19.5 Å². The van der Waals surface area contributed by atoms with Crippen LogP contribution in [-0.2, 0) is 6.54 Å². The van der Waals surface area contributed by atoms with Crippen LogP contribution in [0.25, 0.3) is 0 Å². The first-order valence-electron chi connectivity index (χ1n) is 11.1.